The zero-order valence-corrected chi connectivity index (χ0v) is 11.3. The molecular formula is C14H19F3N2O. The van der Waals surface area contributed by atoms with Crippen LogP contribution in [-0.2, 0) is 17.5 Å². The minimum Gasteiger partial charge on any atom is -0.351 e. The highest BCUT2D eigenvalue weighted by molar-refractivity contribution is 5.81. The van der Waals surface area contributed by atoms with Crippen molar-refractivity contribution in [2.45, 2.75) is 44.9 Å². The molecule has 3 nitrogen and oxygen atoms in total. The minimum atomic E-state index is -4.38. The number of nitrogens with one attached hydrogen (secondary N) is 1. The van der Waals surface area contributed by atoms with E-state index < -0.39 is 17.8 Å². The zero-order chi connectivity index (χ0) is 15.2. The van der Waals surface area contributed by atoms with Crippen molar-refractivity contribution < 1.29 is 18.0 Å². The molecule has 0 aromatic heterocycles. The van der Waals surface area contributed by atoms with Gasteiger partial charge in [-0.3, -0.25) is 4.79 Å². The van der Waals surface area contributed by atoms with Gasteiger partial charge in [0.05, 0.1) is 11.6 Å². The van der Waals surface area contributed by atoms with Crippen LogP contribution in [-0.4, -0.2) is 11.9 Å². The summed E-state index contributed by atoms with van der Waals surface area (Å²) < 4.78 is 37.6. The first-order valence-electron chi connectivity index (χ1n) is 6.54. The summed E-state index contributed by atoms with van der Waals surface area (Å²) in [4.78, 5) is 11.6. The number of nitrogens with two attached hydrogens (primary N) is 1. The summed E-state index contributed by atoms with van der Waals surface area (Å²) in [6.45, 7) is 2.04. The molecule has 20 heavy (non-hydrogen) atoms. The molecule has 1 amide bonds. The summed E-state index contributed by atoms with van der Waals surface area (Å²) in [6.07, 6.45) is -2.02. The lowest BCUT2D eigenvalue weighted by Crippen LogP contribution is -2.40. The molecule has 0 fully saturated rings. The van der Waals surface area contributed by atoms with Gasteiger partial charge in [-0.05, 0) is 24.1 Å². The van der Waals surface area contributed by atoms with Crippen molar-refractivity contribution in [1.82, 2.24) is 5.32 Å². The Balaban J connectivity index is 2.55. The molecule has 6 heteroatoms. The molecule has 0 unspecified atom stereocenters. The van der Waals surface area contributed by atoms with Gasteiger partial charge < -0.3 is 11.1 Å². The van der Waals surface area contributed by atoms with E-state index in [1.54, 1.807) is 0 Å². The monoisotopic (exact) mass is 288 g/mol. The third kappa shape index (κ3) is 5.21. The standard InChI is InChI=1S/C14H19F3N2O/c1-2-3-7-12(18)13(20)19-9-10-5-4-6-11(8-10)14(15,16)17/h4-6,8,12H,2-3,7,9,18H2,1H3,(H,19,20)/t12-/m0/s1. The molecule has 0 saturated carbocycles. The molecule has 112 valence electrons. The molecule has 0 aliphatic rings. The van der Waals surface area contributed by atoms with E-state index in [1.165, 1.54) is 12.1 Å². The van der Waals surface area contributed by atoms with Crippen molar-refractivity contribution in [3.63, 3.8) is 0 Å². The Morgan fingerprint density at radius 2 is 2.10 bits per heavy atom. The largest absolute Gasteiger partial charge is 0.416 e. The average molecular weight is 288 g/mol. The van der Waals surface area contributed by atoms with Crippen LogP contribution < -0.4 is 11.1 Å². The first-order chi connectivity index (χ1) is 9.34. The fourth-order valence-electron chi connectivity index (χ4n) is 1.73. The van der Waals surface area contributed by atoms with Crippen molar-refractivity contribution >= 4 is 5.91 Å². The molecule has 3 N–H and O–H groups in total. The maximum absolute atomic E-state index is 12.5. The van der Waals surface area contributed by atoms with Gasteiger partial charge in [0.2, 0.25) is 5.91 Å². The lowest BCUT2D eigenvalue weighted by atomic mass is 10.1. The summed E-state index contributed by atoms with van der Waals surface area (Å²) in [7, 11) is 0. The van der Waals surface area contributed by atoms with E-state index in [0.29, 0.717) is 12.0 Å². The maximum Gasteiger partial charge on any atom is 0.416 e. The summed E-state index contributed by atoms with van der Waals surface area (Å²) >= 11 is 0. The van der Waals surface area contributed by atoms with Crippen LogP contribution in [0.3, 0.4) is 0 Å². The number of hydrogen-bond donors (Lipinski definition) is 2. The van der Waals surface area contributed by atoms with E-state index >= 15 is 0 Å². The van der Waals surface area contributed by atoms with Gasteiger partial charge in [-0.25, -0.2) is 0 Å². The number of halogens is 3. The number of rotatable bonds is 6. The first-order valence-corrected chi connectivity index (χ1v) is 6.54. The number of benzene rings is 1. The van der Waals surface area contributed by atoms with Crippen LogP contribution in [0.25, 0.3) is 0 Å². The van der Waals surface area contributed by atoms with Gasteiger partial charge in [0, 0.05) is 6.54 Å². The van der Waals surface area contributed by atoms with E-state index in [-0.39, 0.29) is 12.5 Å². The molecule has 0 spiro atoms. The molecule has 1 atom stereocenters. The predicted octanol–water partition coefficient (Wildman–Crippen LogP) is 2.84. The molecule has 0 saturated heterocycles. The van der Waals surface area contributed by atoms with Crippen molar-refractivity contribution in [3.05, 3.63) is 35.4 Å². The second kappa shape index (κ2) is 7.28. The second-order valence-electron chi connectivity index (χ2n) is 4.66. The average Bonchev–Trinajstić information content (AvgIpc) is 2.41. The molecule has 0 aliphatic carbocycles. The lowest BCUT2D eigenvalue weighted by molar-refractivity contribution is -0.137. The number of unbranched alkanes of at least 4 members (excludes halogenated alkanes) is 1. The van der Waals surface area contributed by atoms with Gasteiger partial charge in [-0.15, -0.1) is 0 Å². The highest BCUT2D eigenvalue weighted by Gasteiger charge is 2.30. The van der Waals surface area contributed by atoms with Crippen LogP contribution in [0.2, 0.25) is 0 Å². The molecule has 0 bridgehead atoms. The highest BCUT2D eigenvalue weighted by Crippen LogP contribution is 2.29. The van der Waals surface area contributed by atoms with Crippen molar-refractivity contribution in [2.24, 2.45) is 5.73 Å². The summed E-state index contributed by atoms with van der Waals surface area (Å²) in [6, 6.07) is 4.27. The molecule has 0 aliphatic heterocycles. The number of carbonyl (C=O) groups is 1. The van der Waals surface area contributed by atoms with Crippen molar-refractivity contribution in [2.75, 3.05) is 0 Å². The van der Waals surface area contributed by atoms with E-state index in [1.807, 2.05) is 6.92 Å². The third-order valence-electron chi connectivity index (χ3n) is 2.93. The quantitative estimate of drug-likeness (QED) is 0.845. The van der Waals surface area contributed by atoms with E-state index in [4.69, 9.17) is 5.73 Å². The van der Waals surface area contributed by atoms with Gasteiger partial charge >= 0.3 is 6.18 Å². The number of amides is 1. The summed E-state index contributed by atoms with van der Waals surface area (Å²) in [5, 5.41) is 2.55. The second-order valence-corrected chi connectivity index (χ2v) is 4.66. The summed E-state index contributed by atoms with van der Waals surface area (Å²) in [5.74, 6) is -0.337. The Kier molecular flexibility index (Phi) is 6.01. The van der Waals surface area contributed by atoms with Crippen LogP contribution >= 0.6 is 0 Å². The van der Waals surface area contributed by atoms with Gasteiger partial charge in [-0.2, -0.15) is 13.2 Å². The summed E-state index contributed by atoms with van der Waals surface area (Å²) in [5.41, 5.74) is 5.35. The van der Waals surface area contributed by atoms with Crippen LogP contribution in [0.15, 0.2) is 24.3 Å². The van der Waals surface area contributed by atoms with Crippen LogP contribution in [0.4, 0.5) is 13.2 Å². The Hall–Kier alpha value is -1.56. The first kappa shape index (κ1) is 16.5. The van der Waals surface area contributed by atoms with Gasteiger partial charge in [0.25, 0.3) is 0 Å². The highest BCUT2D eigenvalue weighted by atomic mass is 19.4. The molecule has 1 rings (SSSR count). The maximum atomic E-state index is 12.5. The Labute approximate surface area is 116 Å². The molecule has 1 aromatic rings. The molecule has 0 radical (unpaired) electrons. The third-order valence-corrected chi connectivity index (χ3v) is 2.93. The normalized spacial score (nSPS) is 13.1. The van der Waals surface area contributed by atoms with Crippen molar-refractivity contribution in [3.8, 4) is 0 Å². The molecule has 0 heterocycles. The minimum absolute atomic E-state index is 0.0442. The zero-order valence-electron chi connectivity index (χ0n) is 11.3. The molecular weight excluding hydrogens is 269 g/mol. The number of alkyl halides is 3. The van der Waals surface area contributed by atoms with E-state index in [0.717, 1.165) is 25.0 Å². The van der Waals surface area contributed by atoms with E-state index in [2.05, 4.69) is 5.32 Å². The predicted molar refractivity (Wildman–Crippen MR) is 70.8 cm³/mol. The Morgan fingerprint density at radius 1 is 1.40 bits per heavy atom. The van der Waals surface area contributed by atoms with Gasteiger partial charge in [0.15, 0.2) is 0 Å². The van der Waals surface area contributed by atoms with Crippen LogP contribution in [0.5, 0.6) is 0 Å². The lowest BCUT2D eigenvalue weighted by Gasteiger charge is -2.13. The van der Waals surface area contributed by atoms with Gasteiger partial charge in [0.1, 0.15) is 0 Å². The Bertz CT molecular complexity index is 446. The smallest absolute Gasteiger partial charge is 0.351 e. The topological polar surface area (TPSA) is 55.1 Å². The van der Waals surface area contributed by atoms with Crippen molar-refractivity contribution in [1.29, 1.82) is 0 Å². The SMILES string of the molecule is CCCC[C@H](N)C(=O)NCc1cccc(C(F)(F)F)c1. The van der Waals surface area contributed by atoms with Gasteiger partial charge in [-0.1, -0.05) is 31.9 Å². The van der Waals surface area contributed by atoms with Crippen LogP contribution in [0, 0.1) is 0 Å². The molecule has 1 aromatic carbocycles. The number of hydrogen-bond acceptors (Lipinski definition) is 2. The number of carbonyl (C=O) groups excluding carboxylic acids is 1. The Morgan fingerprint density at radius 3 is 2.70 bits per heavy atom. The van der Waals surface area contributed by atoms with Crippen LogP contribution in [0.1, 0.15) is 37.3 Å². The fraction of sp³-hybridized carbons (Fsp3) is 0.500. The van der Waals surface area contributed by atoms with E-state index in [9.17, 15) is 18.0 Å². The fourth-order valence-corrected chi connectivity index (χ4v) is 1.73.